The molecule has 0 saturated carbocycles. The molecular weight excluding hydrogens is 625 g/mol. The lowest BCUT2D eigenvalue weighted by molar-refractivity contribution is -0.677. The van der Waals surface area contributed by atoms with E-state index in [4.69, 9.17) is 9.15 Å². The highest BCUT2D eigenvalue weighted by Gasteiger charge is 2.28. The smallest absolute Gasteiger partial charge is 0.374 e. The summed E-state index contributed by atoms with van der Waals surface area (Å²) in [6.07, 6.45) is 4.83. The van der Waals surface area contributed by atoms with E-state index in [1.807, 2.05) is 84.0 Å². The summed E-state index contributed by atoms with van der Waals surface area (Å²) >= 11 is 1.52. The van der Waals surface area contributed by atoms with Crippen LogP contribution in [0, 0.1) is 6.92 Å². The Bertz CT molecular complexity index is 2000. The number of benzene rings is 3. The first kappa shape index (κ1) is 32.0. The quantitative estimate of drug-likeness (QED) is 0.145. The van der Waals surface area contributed by atoms with Crippen molar-refractivity contribution in [2.75, 3.05) is 30.1 Å². The van der Waals surface area contributed by atoms with Gasteiger partial charge in [0, 0.05) is 29.4 Å². The van der Waals surface area contributed by atoms with Gasteiger partial charge in [-0.15, -0.1) is 0 Å². The van der Waals surface area contributed by atoms with Crippen LogP contribution in [0.1, 0.15) is 37.6 Å². The molecule has 2 heterocycles. The fourth-order valence-corrected chi connectivity index (χ4v) is 7.50. The second kappa shape index (κ2) is 12.9. The van der Waals surface area contributed by atoms with Gasteiger partial charge in [0.25, 0.3) is 5.52 Å². The molecule has 234 valence electrons. The molecule has 0 spiro atoms. The molecule has 0 unspecified atom stereocenters. The van der Waals surface area contributed by atoms with E-state index in [0.29, 0.717) is 24.4 Å². The molecule has 0 N–H and O–H groups in total. The highest BCUT2D eigenvalue weighted by Crippen LogP contribution is 2.49. The van der Waals surface area contributed by atoms with Crippen LogP contribution >= 0.6 is 11.8 Å². The number of hydrogen-bond donors (Lipinski definition) is 0. The van der Waals surface area contributed by atoms with Gasteiger partial charge in [-0.05, 0) is 66.6 Å². The monoisotopic (exact) mass is 657 g/mol. The Kier molecular flexibility index (Phi) is 9.42. The Morgan fingerprint density at radius 3 is 2.48 bits per heavy atom. The van der Waals surface area contributed by atoms with E-state index in [1.165, 1.54) is 11.8 Å². The number of anilines is 1. The number of oxazole rings is 1. The Morgan fingerprint density at radius 1 is 1.05 bits per heavy atom. The van der Waals surface area contributed by atoms with Crippen LogP contribution in [0.5, 0.6) is 5.75 Å². The van der Waals surface area contributed by atoms with Crippen molar-refractivity contribution in [1.29, 1.82) is 0 Å². The molecule has 1 aliphatic rings. The van der Waals surface area contributed by atoms with Crippen LogP contribution in [-0.4, -0.2) is 51.1 Å². The van der Waals surface area contributed by atoms with Crippen molar-refractivity contribution in [3.63, 3.8) is 0 Å². The highest BCUT2D eigenvalue weighted by molar-refractivity contribution is 8.03. The van der Waals surface area contributed by atoms with Gasteiger partial charge in [0.15, 0.2) is 6.54 Å². The molecule has 4 aromatic rings. The number of methoxy groups -OCH3 is 1. The molecule has 0 saturated heterocycles. The maximum Gasteiger partial charge on any atom is 0.374 e. The average molecular weight is 658 g/mol. The fourth-order valence-electron chi connectivity index (χ4n) is 5.36. The average Bonchev–Trinajstić information content (AvgIpc) is 3.47. The zero-order chi connectivity index (χ0) is 31.6. The number of fused-ring (bicyclic) bond motifs is 4. The standard InChI is InChI=1S/C31H34N2O8S3/c1-4-22(19-30-32(13-7-15-43(34,35)36)25-17-21(2)27(40-3)20-28(25)42-30)18-29-33(14-8-16-44(37,38)39)31-24-10-6-5-9-23(24)11-12-26(31)41-29/h5-6,9-12,17-20H,4,7-8,13-16H2,1-3H3,(H-,34,35,36,37,38,39)/p-1. The highest BCUT2D eigenvalue weighted by atomic mass is 32.2. The molecule has 0 aliphatic carbocycles. The van der Waals surface area contributed by atoms with E-state index in [2.05, 4.69) is 0 Å². The molecule has 1 aromatic heterocycles. The third-order valence-corrected chi connectivity index (χ3v) is 10.1. The van der Waals surface area contributed by atoms with Crippen LogP contribution in [0.2, 0.25) is 0 Å². The number of aromatic nitrogens is 1. The zero-order valence-corrected chi connectivity index (χ0v) is 27.1. The number of aryl methyl sites for hydroxylation is 2. The lowest BCUT2D eigenvalue weighted by Gasteiger charge is -2.22. The summed E-state index contributed by atoms with van der Waals surface area (Å²) in [6, 6.07) is 15.6. The summed E-state index contributed by atoms with van der Waals surface area (Å²) in [5.74, 6) is 0.294. The van der Waals surface area contributed by atoms with Crippen molar-refractivity contribution in [3.05, 3.63) is 76.7 Å². The Balaban J connectivity index is 1.58. The Morgan fingerprint density at radius 2 is 1.77 bits per heavy atom. The van der Waals surface area contributed by atoms with Crippen molar-refractivity contribution in [2.24, 2.45) is 0 Å². The summed E-state index contributed by atoms with van der Waals surface area (Å²) < 4.78 is 81.9. The van der Waals surface area contributed by atoms with E-state index >= 15 is 0 Å². The van der Waals surface area contributed by atoms with Gasteiger partial charge in [0.2, 0.25) is 5.58 Å². The van der Waals surface area contributed by atoms with Gasteiger partial charge < -0.3 is 23.2 Å². The summed E-state index contributed by atoms with van der Waals surface area (Å²) in [6.45, 7) is 4.53. The fraction of sp³-hybridized carbons (Fsp3) is 0.323. The first-order valence-electron chi connectivity index (χ1n) is 14.1. The van der Waals surface area contributed by atoms with Crippen LogP contribution in [0.15, 0.2) is 74.5 Å². The van der Waals surface area contributed by atoms with Crippen LogP contribution in [-0.2, 0) is 26.8 Å². The van der Waals surface area contributed by atoms with E-state index in [-0.39, 0.29) is 19.4 Å². The number of rotatable bonds is 12. The van der Waals surface area contributed by atoms with Crippen molar-refractivity contribution >= 4 is 65.6 Å². The molecule has 3 aromatic carbocycles. The predicted octanol–water partition coefficient (Wildman–Crippen LogP) is 5.31. The second-order valence-corrected chi connectivity index (χ2v) is 14.7. The molecule has 13 heteroatoms. The lowest BCUT2D eigenvalue weighted by Crippen LogP contribution is -2.36. The molecule has 44 heavy (non-hydrogen) atoms. The molecule has 5 rings (SSSR count). The minimum absolute atomic E-state index is 0.125. The Labute approximate surface area is 261 Å². The molecule has 1 aliphatic heterocycles. The van der Waals surface area contributed by atoms with Crippen LogP contribution < -0.4 is 14.2 Å². The summed E-state index contributed by atoms with van der Waals surface area (Å²) in [7, 11) is -7.13. The second-order valence-electron chi connectivity index (χ2n) is 10.6. The lowest BCUT2D eigenvalue weighted by atomic mass is 10.1. The van der Waals surface area contributed by atoms with Gasteiger partial charge in [-0.25, -0.2) is 16.8 Å². The summed E-state index contributed by atoms with van der Waals surface area (Å²) in [5, 5.41) is 2.80. The third kappa shape index (κ3) is 7.29. The molecule has 0 fully saturated rings. The normalized spacial score (nSPS) is 15.1. The van der Waals surface area contributed by atoms with Gasteiger partial charge in [-0.2, -0.15) is 4.57 Å². The maximum atomic E-state index is 11.4. The molecule has 0 atom stereocenters. The largest absolute Gasteiger partial charge is 0.748 e. The SMILES string of the molecule is CCC(/C=C1\Sc2cc(OC)c(C)cc2N1CCCS(=O)(=O)[O-])=C\c1oc2ccc3ccccc3c2[n+]1CCCS(=O)(=O)[O-]. The zero-order valence-electron chi connectivity index (χ0n) is 24.6. The van der Waals surface area contributed by atoms with Crippen LogP contribution in [0.3, 0.4) is 0 Å². The maximum absolute atomic E-state index is 11.4. The number of nitrogens with zero attached hydrogens (tertiary/aromatic N) is 2. The minimum Gasteiger partial charge on any atom is -0.748 e. The minimum atomic E-state index is -4.38. The predicted molar refractivity (Wildman–Crippen MR) is 170 cm³/mol. The van der Waals surface area contributed by atoms with Crippen molar-refractivity contribution in [3.8, 4) is 5.75 Å². The van der Waals surface area contributed by atoms with E-state index < -0.39 is 31.7 Å². The van der Waals surface area contributed by atoms with Gasteiger partial charge >= 0.3 is 5.89 Å². The summed E-state index contributed by atoms with van der Waals surface area (Å²) in [4.78, 5) is 2.96. The molecular formula is C31H33N2O8S3-. The van der Waals surface area contributed by atoms with E-state index in [9.17, 15) is 25.9 Å². The number of thioether (sulfide) groups is 1. The van der Waals surface area contributed by atoms with Gasteiger partial charge in [-0.3, -0.25) is 0 Å². The van der Waals surface area contributed by atoms with E-state index in [1.54, 1.807) is 7.11 Å². The number of ether oxygens (including phenoxy) is 1. The first-order chi connectivity index (χ1) is 20.9. The molecule has 10 nitrogen and oxygen atoms in total. The first-order valence-corrected chi connectivity index (χ1v) is 18.1. The van der Waals surface area contributed by atoms with Gasteiger partial charge in [0.1, 0.15) is 5.75 Å². The van der Waals surface area contributed by atoms with Crippen molar-refractivity contribution < 1.29 is 39.7 Å². The van der Waals surface area contributed by atoms with Crippen LogP contribution in [0.4, 0.5) is 5.69 Å². The third-order valence-electron chi connectivity index (χ3n) is 7.44. The van der Waals surface area contributed by atoms with Gasteiger partial charge in [-0.1, -0.05) is 43.0 Å². The summed E-state index contributed by atoms with van der Waals surface area (Å²) in [5.41, 5.74) is 4.18. The van der Waals surface area contributed by atoms with E-state index in [0.717, 1.165) is 48.8 Å². The van der Waals surface area contributed by atoms with Gasteiger partial charge in [0.05, 0.1) is 49.5 Å². The van der Waals surface area contributed by atoms with Crippen LogP contribution in [0.25, 0.3) is 27.9 Å². The van der Waals surface area contributed by atoms with Crippen molar-refractivity contribution in [2.45, 2.75) is 44.6 Å². The molecule has 0 amide bonds. The van der Waals surface area contributed by atoms with Crippen molar-refractivity contribution in [1.82, 2.24) is 0 Å². The molecule has 0 radical (unpaired) electrons. The number of allylic oxidation sites excluding steroid dienone is 2. The number of hydrogen-bond acceptors (Lipinski definition) is 10. The topological polar surface area (TPSA) is 144 Å². The molecule has 0 bridgehead atoms. The Hall–Kier alpha value is -3.36.